The summed E-state index contributed by atoms with van der Waals surface area (Å²) >= 11 is 0. The molecule has 4 aromatic rings. The lowest BCUT2D eigenvalue weighted by molar-refractivity contribution is -0.140. The Morgan fingerprint density at radius 1 is 1.02 bits per heavy atom. The summed E-state index contributed by atoms with van der Waals surface area (Å²) in [6, 6.07) is 4.91. The van der Waals surface area contributed by atoms with E-state index in [-0.39, 0.29) is 23.6 Å². The number of nitrogens with zero attached hydrogens (tertiary/aromatic N) is 3. The van der Waals surface area contributed by atoms with Crippen molar-refractivity contribution in [3.8, 4) is 0 Å². The maximum absolute atomic E-state index is 14.6. The van der Waals surface area contributed by atoms with E-state index in [2.05, 4.69) is 26.0 Å². The topological polar surface area (TPSA) is 155 Å². The molecule has 0 spiro atoms. The molecule has 2 atom stereocenters. The van der Waals surface area contributed by atoms with E-state index in [9.17, 15) is 46.2 Å². The third kappa shape index (κ3) is 7.37. The van der Waals surface area contributed by atoms with Gasteiger partial charge in [-0.25, -0.2) is 23.1 Å². The van der Waals surface area contributed by atoms with Gasteiger partial charge in [0.15, 0.2) is 11.5 Å². The summed E-state index contributed by atoms with van der Waals surface area (Å²) < 4.78 is 68.5. The first-order chi connectivity index (χ1) is 23.0. The second kappa shape index (κ2) is 13.6. The van der Waals surface area contributed by atoms with E-state index in [1.807, 2.05) is 13.8 Å². The van der Waals surface area contributed by atoms with Crippen LogP contribution in [0, 0.1) is 24.5 Å². The lowest BCUT2D eigenvalue weighted by atomic mass is 9.96. The number of carboxylic acid groups (broad SMARTS) is 1. The SMILES string of the molecule is Cc1c(C(=O)N[C@@H](CC(C)C)C(=O)O)ccc2c1CC[C@@H]2NC(=O)c1cc(C(=O)NCc2ccc(F)c(C(F)(F)F)c2)nc2c(F)cnn12. The van der Waals surface area contributed by atoms with Crippen molar-refractivity contribution in [3.05, 3.63) is 99.0 Å². The van der Waals surface area contributed by atoms with Crippen molar-refractivity contribution in [2.45, 2.75) is 64.8 Å². The highest BCUT2D eigenvalue weighted by Gasteiger charge is 2.34. The van der Waals surface area contributed by atoms with Gasteiger partial charge in [-0.2, -0.15) is 18.3 Å². The van der Waals surface area contributed by atoms with Gasteiger partial charge in [0.2, 0.25) is 0 Å². The number of alkyl halides is 3. The van der Waals surface area contributed by atoms with E-state index in [0.29, 0.717) is 41.7 Å². The Hall–Kier alpha value is -5.41. The fourth-order valence-electron chi connectivity index (χ4n) is 5.82. The number of benzene rings is 2. The van der Waals surface area contributed by atoms with Crippen molar-refractivity contribution in [3.63, 3.8) is 0 Å². The van der Waals surface area contributed by atoms with Crippen LogP contribution >= 0.6 is 0 Å². The Morgan fingerprint density at radius 2 is 1.76 bits per heavy atom. The average Bonchev–Trinajstić information content (AvgIpc) is 3.62. The Balaban J connectivity index is 1.35. The molecule has 49 heavy (non-hydrogen) atoms. The second-order valence-electron chi connectivity index (χ2n) is 12.1. The fourth-order valence-corrected chi connectivity index (χ4v) is 5.82. The molecule has 1 aliphatic carbocycles. The molecule has 0 aliphatic heterocycles. The van der Waals surface area contributed by atoms with Crippen LogP contribution < -0.4 is 16.0 Å². The molecular formula is C33H31F5N6O5. The predicted molar refractivity (Wildman–Crippen MR) is 164 cm³/mol. The fraction of sp³-hybridized carbons (Fsp3) is 0.333. The molecule has 2 aromatic carbocycles. The van der Waals surface area contributed by atoms with Gasteiger partial charge in [-0.1, -0.05) is 26.0 Å². The number of fused-ring (bicyclic) bond motifs is 2. The van der Waals surface area contributed by atoms with Gasteiger partial charge in [0.05, 0.1) is 17.8 Å². The number of aliphatic carboxylic acids is 1. The lowest BCUT2D eigenvalue weighted by Gasteiger charge is -2.19. The molecule has 2 aromatic heterocycles. The number of halogens is 5. The number of nitrogens with one attached hydrogen (secondary N) is 3. The molecule has 0 saturated carbocycles. The van der Waals surface area contributed by atoms with Crippen LogP contribution in [0.4, 0.5) is 22.0 Å². The number of rotatable bonds is 10. The molecular weight excluding hydrogens is 655 g/mol. The quantitative estimate of drug-likeness (QED) is 0.173. The van der Waals surface area contributed by atoms with Crippen LogP contribution in [0.1, 0.15) is 91.9 Å². The number of carbonyl (C=O) groups excluding carboxylic acids is 3. The largest absolute Gasteiger partial charge is 0.480 e. The van der Waals surface area contributed by atoms with Crippen molar-refractivity contribution < 1.29 is 46.2 Å². The first kappa shape index (κ1) is 34.9. The lowest BCUT2D eigenvalue weighted by Crippen LogP contribution is -2.41. The van der Waals surface area contributed by atoms with E-state index < -0.39 is 77.0 Å². The van der Waals surface area contributed by atoms with Gasteiger partial charge in [-0.05, 0) is 72.6 Å². The molecule has 0 saturated heterocycles. The minimum atomic E-state index is -4.95. The highest BCUT2D eigenvalue weighted by atomic mass is 19.4. The molecule has 11 nitrogen and oxygen atoms in total. The van der Waals surface area contributed by atoms with Crippen LogP contribution in [-0.2, 0) is 23.9 Å². The molecule has 4 N–H and O–H groups in total. The molecule has 0 bridgehead atoms. The Labute approximate surface area is 275 Å². The standard InChI is InChI=1S/C33H31F5N6O5/c1-15(2)10-26(32(48)49)43-29(45)19-5-6-20-18(16(19)3)7-9-24(20)42-31(47)27-12-25(41-28-23(35)14-40-44(27)28)30(46)39-13-17-4-8-22(34)21(11-17)33(36,37)38/h4-6,8,11-12,14-15,24,26H,7,9-10,13H2,1-3H3,(H,39,46)(H,42,47)(H,43,45)(H,48,49)/t24-,26-/m0/s1. The smallest absolute Gasteiger partial charge is 0.419 e. The van der Waals surface area contributed by atoms with Crippen molar-refractivity contribution in [2.75, 3.05) is 0 Å². The molecule has 2 heterocycles. The van der Waals surface area contributed by atoms with Crippen molar-refractivity contribution in [2.24, 2.45) is 5.92 Å². The van der Waals surface area contributed by atoms with Gasteiger partial charge < -0.3 is 21.1 Å². The van der Waals surface area contributed by atoms with Crippen LogP contribution in [0.2, 0.25) is 0 Å². The van der Waals surface area contributed by atoms with E-state index in [4.69, 9.17) is 0 Å². The number of amides is 3. The van der Waals surface area contributed by atoms with E-state index >= 15 is 0 Å². The van der Waals surface area contributed by atoms with Crippen LogP contribution in [0.15, 0.2) is 42.6 Å². The zero-order valence-corrected chi connectivity index (χ0v) is 26.4. The maximum Gasteiger partial charge on any atom is 0.419 e. The van der Waals surface area contributed by atoms with Crippen molar-refractivity contribution in [1.82, 2.24) is 30.5 Å². The molecule has 5 rings (SSSR count). The van der Waals surface area contributed by atoms with E-state index in [1.165, 1.54) is 0 Å². The zero-order valence-electron chi connectivity index (χ0n) is 26.4. The molecule has 16 heteroatoms. The Kier molecular flexibility index (Phi) is 9.69. The molecule has 258 valence electrons. The number of hydrogen-bond acceptors (Lipinski definition) is 6. The average molecular weight is 687 g/mol. The van der Waals surface area contributed by atoms with Gasteiger partial charge in [0, 0.05) is 18.2 Å². The maximum atomic E-state index is 14.6. The first-order valence-electron chi connectivity index (χ1n) is 15.2. The molecule has 1 aliphatic rings. The van der Waals surface area contributed by atoms with Crippen LogP contribution in [0.25, 0.3) is 5.65 Å². The summed E-state index contributed by atoms with van der Waals surface area (Å²) in [6.45, 7) is 4.98. The van der Waals surface area contributed by atoms with Crippen LogP contribution in [0.3, 0.4) is 0 Å². The van der Waals surface area contributed by atoms with E-state index in [1.54, 1.807) is 19.1 Å². The van der Waals surface area contributed by atoms with Gasteiger partial charge in [-0.15, -0.1) is 0 Å². The summed E-state index contributed by atoms with van der Waals surface area (Å²) in [7, 11) is 0. The highest BCUT2D eigenvalue weighted by molar-refractivity contribution is 5.99. The van der Waals surface area contributed by atoms with Gasteiger partial charge in [-0.3, -0.25) is 14.4 Å². The summed E-state index contributed by atoms with van der Waals surface area (Å²) in [5.74, 6) is -5.74. The molecule has 0 fully saturated rings. The normalized spacial score (nSPS) is 14.8. The predicted octanol–water partition coefficient (Wildman–Crippen LogP) is 4.91. The number of hydrogen-bond donors (Lipinski definition) is 4. The molecule has 0 unspecified atom stereocenters. The third-order valence-corrected chi connectivity index (χ3v) is 8.24. The minimum absolute atomic E-state index is 0.0359. The summed E-state index contributed by atoms with van der Waals surface area (Å²) in [6.07, 6.45) is -2.98. The van der Waals surface area contributed by atoms with Crippen LogP contribution in [0.5, 0.6) is 0 Å². The molecule has 3 amide bonds. The van der Waals surface area contributed by atoms with Crippen LogP contribution in [-0.4, -0.2) is 49.4 Å². The third-order valence-electron chi connectivity index (χ3n) is 8.24. The van der Waals surface area contributed by atoms with Gasteiger partial charge in [0.1, 0.15) is 23.2 Å². The molecule has 0 radical (unpaired) electrons. The zero-order chi connectivity index (χ0) is 35.8. The van der Waals surface area contributed by atoms with Crippen molar-refractivity contribution in [1.29, 1.82) is 0 Å². The number of aromatic nitrogens is 3. The van der Waals surface area contributed by atoms with E-state index in [0.717, 1.165) is 28.4 Å². The van der Waals surface area contributed by atoms with Gasteiger partial charge in [0.25, 0.3) is 17.7 Å². The summed E-state index contributed by atoms with van der Waals surface area (Å²) in [5, 5.41) is 21.2. The number of carboxylic acids is 1. The number of carbonyl (C=O) groups is 4. The Bertz CT molecular complexity index is 1980. The minimum Gasteiger partial charge on any atom is -0.480 e. The first-order valence-corrected chi connectivity index (χ1v) is 15.2. The summed E-state index contributed by atoms with van der Waals surface area (Å²) in [4.78, 5) is 55.2. The Morgan fingerprint density at radius 3 is 2.43 bits per heavy atom. The van der Waals surface area contributed by atoms with Gasteiger partial charge >= 0.3 is 12.1 Å². The van der Waals surface area contributed by atoms with Crippen molar-refractivity contribution >= 4 is 29.3 Å². The second-order valence-corrected chi connectivity index (χ2v) is 12.1. The monoisotopic (exact) mass is 686 g/mol. The summed E-state index contributed by atoms with van der Waals surface area (Å²) in [5.41, 5.74) is -0.260. The highest BCUT2D eigenvalue weighted by Crippen LogP contribution is 2.35.